The molecule has 0 N–H and O–H groups in total. The Morgan fingerprint density at radius 3 is 2.18 bits per heavy atom. The monoisotopic (exact) mass is 243 g/mol. The van der Waals surface area contributed by atoms with E-state index in [4.69, 9.17) is 0 Å². The molecule has 88 valence electrons. The molecule has 17 heavy (non-hydrogen) atoms. The summed E-state index contributed by atoms with van der Waals surface area (Å²) in [5.74, 6) is 0. The third kappa shape index (κ3) is 3.14. The first-order valence-corrected chi connectivity index (χ1v) is 6.48. The van der Waals surface area contributed by atoms with Gasteiger partial charge in [-0.25, -0.2) is 4.98 Å². The predicted octanol–water partition coefficient (Wildman–Crippen LogP) is 5.12. The van der Waals surface area contributed by atoms with Crippen molar-refractivity contribution in [3.8, 4) is 10.6 Å². The molecule has 0 atom stereocenters. The highest BCUT2D eigenvalue weighted by Gasteiger charge is 2.06. The van der Waals surface area contributed by atoms with Crippen LogP contribution in [-0.4, -0.2) is 4.98 Å². The van der Waals surface area contributed by atoms with Crippen LogP contribution in [-0.2, 0) is 0 Å². The second-order valence-electron chi connectivity index (χ2n) is 3.04. The fourth-order valence-corrected chi connectivity index (χ4v) is 2.26. The average molecular weight is 243 g/mol. The van der Waals surface area contributed by atoms with Crippen LogP contribution >= 0.6 is 11.3 Å². The largest absolute Gasteiger partial charge is 0.236 e. The summed E-state index contributed by atoms with van der Waals surface area (Å²) in [6.45, 7) is 11.5. The van der Waals surface area contributed by atoms with Crippen molar-refractivity contribution < 1.29 is 0 Å². The van der Waals surface area contributed by atoms with Gasteiger partial charge in [0.15, 0.2) is 0 Å². The first-order chi connectivity index (χ1) is 8.35. The highest BCUT2D eigenvalue weighted by Crippen LogP contribution is 2.29. The van der Waals surface area contributed by atoms with Gasteiger partial charge in [-0.2, -0.15) is 0 Å². The van der Waals surface area contributed by atoms with Gasteiger partial charge in [-0.1, -0.05) is 57.3 Å². The Labute approximate surface area is 107 Å². The van der Waals surface area contributed by atoms with Crippen molar-refractivity contribution in [2.45, 2.75) is 13.8 Å². The molecule has 0 fully saturated rings. The third-order valence-electron chi connectivity index (χ3n) is 2.08. The lowest BCUT2D eigenvalue weighted by Gasteiger charge is -1.92. The molecular weight excluding hydrogens is 226 g/mol. The van der Waals surface area contributed by atoms with E-state index in [1.807, 2.05) is 38.1 Å². The van der Waals surface area contributed by atoms with Crippen molar-refractivity contribution >= 4 is 23.5 Å². The highest BCUT2D eigenvalue weighted by molar-refractivity contribution is 7.16. The minimum Gasteiger partial charge on any atom is -0.236 e. The molecule has 0 spiro atoms. The molecule has 1 aromatic heterocycles. The minimum atomic E-state index is 0.911. The minimum absolute atomic E-state index is 0.911. The summed E-state index contributed by atoms with van der Waals surface area (Å²) in [5, 5.41) is 1.01. The van der Waals surface area contributed by atoms with Crippen molar-refractivity contribution in [1.82, 2.24) is 4.98 Å². The molecule has 0 aliphatic heterocycles. The van der Waals surface area contributed by atoms with Crippen LogP contribution in [0.5, 0.6) is 0 Å². The molecule has 0 aliphatic carbocycles. The maximum absolute atomic E-state index is 4.50. The van der Waals surface area contributed by atoms with E-state index in [-0.39, 0.29) is 0 Å². The molecule has 0 saturated heterocycles. The summed E-state index contributed by atoms with van der Waals surface area (Å²) < 4.78 is 0. The summed E-state index contributed by atoms with van der Waals surface area (Å²) >= 11 is 1.64. The Morgan fingerprint density at radius 2 is 1.71 bits per heavy atom. The fraction of sp³-hybridized carbons (Fsp3) is 0.133. The molecule has 1 nitrogen and oxygen atoms in total. The van der Waals surface area contributed by atoms with Crippen LogP contribution in [0.2, 0.25) is 0 Å². The molecule has 0 unspecified atom stereocenters. The first kappa shape index (κ1) is 13.4. The van der Waals surface area contributed by atoms with Gasteiger partial charge in [-0.3, -0.25) is 0 Å². The van der Waals surface area contributed by atoms with Gasteiger partial charge in [0.2, 0.25) is 0 Å². The Bertz CT molecular complexity index is 457. The van der Waals surface area contributed by atoms with Crippen LogP contribution in [0.4, 0.5) is 0 Å². The van der Waals surface area contributed by atoms with Crippen molar-refractivity contribution in [1.29, 1.82) is 0 Å². The second-order valence-corrected chi connectivity index (χ2v) is 4.07. The zero-order chi connectivity index (χ0) is 12.7. The Kier molecular flexibility index (Phi) is 5.37. The Balaban J connectivity index is 0.000000686. The number of thiazole rings is 1. The van der Waals surface area contributed by atoms with E-state index in [9.17, 15) is 0 Å². The fourth-order valence-electron chi connectivity index (χ4n) is 1.34. The molecule has 1 aromatic carbocycles. The van der Waals surface area contributed by atoms with E-state index in [0.29, 0.717) is 0 Å². The molecular formula is C15H17NS. The molecule has 0 bridgehead atoms. The molecule has 1 heterocycles. The summed E-state index contributed by atoms with van der Waals surface area (Å²) in [4.78, 5) is 5.57. The lowest BCUT2D eigenvalue weighted by molar-refractivity contribution is 1.37. The zero-order valence-corrected chi connectivity index (χ0v) is 11.1. The van der Waals surface area contributed by atoms with Crippen LogP contribution in [0.1, 0.15) is 24.4 Å². The molecule has 0 aliphatic rings. The van der Waals surface area contributed by atoms with Gasteiger partial charge in [0, 0.05) is 5.56 Å². The molecule has 0 radical (unpaired) electrons. The maximum atomic E-state index is 4.50. The molecule has 0 saturated carbocycles. The quantitative estimate of drug-likeness (QED) is 0.729. The number of hydrogen-bond acceptors (Lipinski definition) is 2. The van der Waals surface area contributed by atoms with Gasteiger partial charge in [-0.15, -0.1) is 11.3 Å². The van der Waals surface area contributed by atoms with E-state index in [1.54, 1.807) is 17.4 Å². The van der Waals surface area contributed by atoms with E-state index < -0.39 is 0 Å². The van der Waals surface area contributed by atoms with Gasteiger partial charge in [0.05, 0.1) is 10.6 Å². The molecule has 0 amide bonds. The van der Waals surface area contributed by atoms with E-state index in [1.165, 1.54) is 0 Å². The molecule has 2 heteroatoms. The number of aromatic nitrogens is 1. The van der Waals surface area contributed by atoms with Crippen LogP contribution in [0, 0.1) is 0 Å². The van der Waals surface area contributed by atoms with Gasteiger partial charge < -0.3 is 0 Å². The molecule has 2 aromatic rings. The van der Waals surface area contributed by atoms with Crippen LogP contribution in [0.15, 0.2) is 43.5 Å². The second kappa shape index (κ2) is 6.81. The van der Waals surface area contributed by atoms with Gasteiger partial charge in [0.1, 0.15) is 5.01 Å². The predicted molar refractivity (Wildman–Crippen MR) is 79.1 cm³/mol. The van der Waals surface area contributed by atoms with E-state index >= 15 is 0 Å². The highest BCUT2D eigenvalue weighted by atomic mass is 32.1. The van der Waals surface area contributed by atoms with Crippen molar-refractivity contribution in [2.75, 3.05) is 0 Å². The standard InChI is InChI=1S/C13H11NS.C2H6/c1-3-11-12(4-2)15-13(14-11)10-8-6-5-7-9-10;1-2/h3-9H,1-2H2;1-2H3. The van der Waals surface area contributed by atoms with Crippen molar-refractivity contribution in [2.24, 2.45) is 0 Å². The number of nitrogens with zero attached hydrogens (tertiary/aromatic N) is 1. The van der Waals surface area contributed by atoms with Crippen LogP contribution < -0.4 is 0 Å². The average Bonchev–Trinajstić information content (AvgIpc) is 2.85. The van der Waals surface area contributed by atoms with Gasteiger partial charge >= 0.3 is 0 Å². The van der Waals surface area contributed by atoms with E-state index in [0.717, 1.165) is 21.1 Å². The summed E-state index contributed by atoms with van der Waals surface area (Å²) in [7, 11) is 0. The first-order valence-electron chi connectivity index (χ1n) is 5.66. The number of rotatable bonds is 3. The Hall–Kier alpha value is -1.67. The van der Waals surface area contributed by atoms with Crippen LogP contribution in [0.3, 0.4) is 0 Å². The summed E-state index contributed by atoms with van der Waals surface area (Å²) in [5.41, 5.74) is 2.05. The normalized spacial score (nSPS) is 9.06. The smallest absolute Gasteiger partial charge is 0.124 e. The Morgan fingerprint density at radius 1 is 1.06 bits per heavy atom. The van der Waals surface area contributed by atoms with E-state index in [2.05, 4.69) is 30.3 Å². The van der Waals surface area contributed by atoms with Crippen molar-refractivity contribution in [3.05, 3.63) is 54.1 Å². The summed E-state index contributed by atoms with van der Waals surface area (Å²) in [6, 6.07) is 10.1. The topological polar surface area (TPSA) is 12.9 Å². The van der Waals surface area contributed by atoms with Gasteiger partial charge in [0.25, 0.3) is 0 Å². The van der Waals surface area contributed by atoms with Crippen molar-refractivity contribution in [3.63, 3.8) is 0 Å². The SMILES string of the molecule is C=Cc1nc(-c2ccccc2)sc1C=C.CC. The van der Waals surface area contributed by atoms with Gasteiger partial charge in [-0.05, 0) is 12.2 Å². The zero-order valence-electron chi connectivity index (χ0n) is 10.3. The lowest BCUT2D eigenvalue weighted by atomic mass is 10.2. The number of hydrogen-bond donors (Lipinski definition) is 0. The summed E-state index contributed by atoms with van der Waals surface area (Å²) in [6.07, 6.45) is 3.58. The maximum Gasteiger partial charge on any atom is 0.124 e. The van der Waals surface area contributed by atoms with Crippen LogP contribution in [0.25, 0.3) is 22.7 Å². The number of benzene rings is 1. The third-order valence-corrected chi connectivity index (χ3v) is 3.20. The molecule has 2 rings (SSSR count). The lowest BCUT2D eigenvalue weighted by Crippen LogP contribution is -1.76.